The molecule has 0 amide bonds. The van der Waals surface area contributed by atoms with Crippen molar-refractivity contribution in [3.05, 3.63) is 185 Å². The first-order valence-corrected chi connectivity index (χ1v) is 27.5. The summed E-state index contributed by atoms with van der Waals surface area (Å²) in [4.78, 5) is 12.3. The molecule has 0 bridgehead atoms. The van der Waals surface area contributed by atoms with E-state index in [1.54, 1.807) is 6.92 Å². The zero-order valence-electron chi connectivity index (χ0n) is 42.0. The first kappa shape index (κ1) is 58.7. The van der Waals surface area contributed by atoms with E-state index in [1.807, 2.05) is 10.7 Å². The van der Waals surface area contributed by atoms with Gasteiger partial charge < -0.3 is 18.3 Å². The first-order chi connectivity index (χ1) is 33.0. The van der Waals surface area contributed by atoms with Gasteiger partial charge in [0.15, 0.2) is 15.9 Å². The Morgan fingerprint density at radius 3 is 1.04 bits per heavy atom. The number of hydrogen-bond donors (Lipinski definition) is 0. The van der Waals surface area contributed by atoms with Gasteiger partial charge in [0, 0.05) is 6.92 Å². The summed E-state index contributed by atoms with van der Waals surface area (Å²) in [6.45, 7) is 23.2. The predicted molar refractivity (Wildman–Crippen MR) is 282 cm³/mol. The zero-order valence-corrected chi connectivity index (χ0v) is 46.3. The van der Waals surface area contributed by atoms with Gasteiger partial charge in [-0.2, -0.15) is 13.2 Å². The predicted octanol–water partition coefficient (Wildman–Crippen LogP) is 11.8. The fourth-order valence-electron chi connectivity index (χ4n) is 7.29. The van der Waals surface area contributed by atoms with Crippen molar-refractivity contribution in [3.63, 3.8) is 0 Å². The number of halogens is 3. The molecule has 4 aromatic carbocycles. The van der Waals surface area contributed by atoms with E-state index in [9.17, 15) is 18.0 Å². The van der Waals surface area contributed by atoms with Gasteiger partial charge in [-0.05, 0) is 102 Å². The van der Waals surface area contributed by atoms with Crippen LogP contribution in [0.3, 0.4) is 0 Å². The summed E-state index contributed by atoms with van der Waals surface area (Å²) in [6.07, 6.45) is 0. The number of rotatable bonds is 15. The Hall–Kier alpha value is -4.83. The number of carbonyl (C=O) groups is 1. The quantitative estimate of drug-likeness (QED) is 0.0329. The van der Waals surface area contributed by atoms with Crippen LogP contribution in [0.4, 0.5) is 13.2 Å². The summed E-state index contributed by atoms with van der Waals surface area (Å²) in [7, 11) is -7.59. The van der Waals surface area contributed by atoms with Crippen molar-refractivity contribution in [1.29, 1.82) is 0 Å². The van der Waals surface area contributed by atoms with Crippen molar-refractivity contribution in [1.82, 2.24) is 29.1 Å². The minimum absolute atomic E-state index is 0. The van der Waals surface area contributed by atoms with Crippen LogP contribution in [0.25, 0.3) is 0 Å². The van der Waals surface area contributed by atoms with Crippen LogP contribution in [0.5, 0.6) is 0 Å². The molecular formula is C53H63BF3N6O4P2RuS. The molecule has 0 aliphatic rings. The standard InChI is InChI=1S/C26H41BN6O.C26H22P2.CHF3O3S.Ru/c1-15(2)21-12-24(17(5)6)31(28-21)27(32-25(18(7)8)13-22(29-32)16(3)4)33-26(19(9)10)14-23(30-33)20(11)34;1-5-13-23(14-6-1)27(24-15-7-2-8-16-24)21-22-28(25-17-9-3-10-18-25)26-19-11-4-12-20-26;2-1(3,4)8(5,6)7;/h12-19H,1-11H3;1-22H;(H,5,6,7);/q-1;;;+2/p-1/b;22-21+;;. The molecule has 3 heterocycles. The first-order valence-electron chi connectivity index (χ1n) is 23.3. The van der Waals surface area contributed by atoms with Gasteiger partial charge in [-0.25, -0.2) is 23.7 Å². The third-order valence-corrected chi connectivity index (χ3v) is 16.2. The molecule has 0 fully saturated rings. The van der Waals surface area contributed by atoms with Gasteiger partial charge in [0.2, 0.25) is 0 Å². The van der Waals surface area contributed by atoms with Crippen LogP contribution in [0, 0.1) is 0 Å². The molecule has 0 atom stereocenters. The zero-order chi connectivity index (χ0) is 51.5. The summed E-state index contributed by atoms with van der Waals surface area (Å²) in [5.41, 5.74) is 0.148. The van der Waals surface area contributed by atoms with Crippen LogP contribution in [0.1, 0.15) is 145 Å². The maximum Gasteiger partial charge on any atom is 2.00 e. The Morgan fingerprint density at radius 1 is 0.535 bits per heavy atom. The van der Waals surface area contributed by atoms with Gasteiger partial charge in [-0.15, -0.1) is 0 Å². The summed E-state index contributed by atoms with van der Waals surface area (Å²) < 4.78 is 65.0. The molecule has 0 saturated carbocycles. The van der Waals surface area contributed by atoms with Crippen molar-refractivity contribution >= 4 is 60.1 Å². The molecule has 3 aromatic heterocycles. The van der Waals surface area contributed by atoms with Crippen LogP contribution < -0.4 is 21.2 Å². The number of nitrogens with zero attached hydrogens (tertiary/aromatic N) is 6. The average molecular weight is 1110 g/mol. The van der Waals surface area contributed by atoms with Crippen molar-refractivity contribution in [3.8, 4) is 0 Å². The minimum Gasteiger partial charge on any atom is -0.741 e. The molecule has 0 spiro atoms. The van der Waals surface area contributed by atoms with Crippen LogP contribution in [-0.2, 0) is 29.6 Å². The number of ketones is 1. The molecule has 0 unspecified atom stereocenters. The Balaban J connectivity index is 0.000000267. The fourth-order valence-corrected chi connectivity index (χ4v) is 11.6. The van der Waals surface area contributed by atoms with Crippen LogP contribution in [0.2, 0.25) is 0 Å². The van der Waals surface area contributed by atoms with Crippen LogP contribution >= 0.6 is 15.8 Å². The molecule has 7 rings (SSSR count). The minimum atomic E-state index is -6.09. The third-order valence-electron chi connectivity index (χ3n) is 11.1. The van der Waals surface area contributed by atoms with Crippen molar-refractivity contribution in [2.75, 3.05) is 0 Å². The van der Waals surface area contributed by atoms with Gasteiger partial charge in [0.25, 0.3) is 7.12 Å². The monoisotopic (exact) mass is 1110 g/mol. The Labute approximate surface area is 433 Å². The van der Waals surface area contributed by atoms with E-state index >= 15 is 0 Å². The van der Waals surface area contributed by atoms with E-state index in [1.165, 1.54) is 21.2 Å². The second-order valence-electron chi connectivity index (χ2n) is 18.2. The van der Waals surface area contributed by atoms with E-state index in [0.29, 0.717) is 17.5 Å². The average Bonchev–Trinajstić information content (AvgIpc) is 4.09. The number of alkyl halides is 3. The second-order valence-corrected chi connectivity index (χ2v) is 23.7. The van der Waals surface area contributed by atoms with E-state index in [-0.39, 0.29) is 43.0 Å². The number of Topliss-reactive ketones (excluding diaryl/α,β-unsaturated/α-hetero) is 1. The number of aromatic nitrogens is 6. The van der Waals surface area contributed by atoms with E-state index < -0.39 is 38.6 Å². The Kier molecular flexibility index (Phi) is 21.7. The SMILES string of the molecule is C(=C\P(c1ccccc1)c1ccccc1)/P(c1ccccc1)c1ccccc1.CC(=O)c1cc(C(C)C)n([B-](n2nc(C(C)C)cc2C(C)C)n2nc(C(C)C)cc2C(C)C)n1.O=S(=O)([O-])C(F)(F)F.[Ru+2]. The van der Waals surface area contributed by atoms with Gasteiger partial charge in [-0.1, -0.05) is 202 Å². The molecule has 0 aliphatic heterocycles. The number of carbonyl (C=O) groups excluding carboxylic acids is 1. The van der Waals surface area contributed by atoms with E-state index in [4.69, 9.17) is 28.3 Å². The molecular weight excluding hydrogens is 1050 g/mol. The maximum absolute atomic E-state index is 12.3. The maximum atomic E-state index is 12.3. The van der Waals surface area contributed by atoms with Crippen LogP contribution in [-0.4, -0.2) is 60.5 Å². The Bertz CT molecular complexity index is 2680. The van der Waals surface area contributed by atoms with E-state index in [2.05, 4.69) is 224 Å². The third kappa shape index (κ3) is 15.6. The molecule has 377 valence electrons. The number of benzene rings is 4. The molecule has 7 aromatic rings. The number of hydrogen-bond acceptors (Lipinski definition) is 7. The molecule has 18 heteroatoms. The topological polar surface area (TPSA) is 128 Å². The smallest absolute Gasteiger partial charge is 0.741 e. The summed E-state index contributed by atoms with van der Waals surface area (Å²) >= 11 is 0. The molecule has 71 heavy (non-hydrogen) atoms. The Morgan fingerprint density at radius 2 is 0.803 bits per heavy atom. The normalized spacial score (nSPS) is 12.0. The summed E-state index contributed by atoms with van der Waals surface area (Å²) in [5, 5.41) is 20.6. The molecule has 0 saturated heterocycles. The summed E-state index contributed by atoms with van der Waals surface area (Å²) in [5.74, 6) is 6.14. The van der Waals surface area contributed by atoms with Gasteiger partial charge in [0.05, 0.1) is 11.4 Å². The molecule has 0 aliphatic carbocycles. The largest absolute Gasteiger partial charge is 2.00 e. The van der Waals surface area contributed by atoms with Crippen molar-refractivity contribution < 1.29 is 50.4 Å². The van der Waals surface area contributed by atoms with E-state index in [0.717, 1.165) is 28.5 Å². The molecule has 0 N–H and O–H groups in total. The second kappa shape index (κ2) is 26.2. The van der Waals surface area contributed by atoms with Gasteiger partial charge in [0.1, 0.15) is 5.69 Å². The van der Waals surface area contributed by atoms with Gasteiger partial charge >= 0.3 is 25.0 Å². The molecule has 1 radical (unpaired) electrons. The molecule has 10 nitrogen and oxygen atoms in total. The van der Waals surface area contributed by atoms with Crippen molar-refractivity contribution in [2.24, 2.45) is 0 Å². The van der Waals surface area contributed by atoms with Crippen LogP contribution in [0.15, 0.2) is 151 Å². The van der Waals surface area contributed by atoms with Gasteiger partial charge in [-0.3, -0.25) is 4.79 Å². The summed E-state index contributed by atoms with van der Waals surface area (Å²) in [6, 6.07) is 49.8. The fraction of sp³-hybridized carbons (Fsp3) is 0.321. The van der Waals surface area contributed by atoms with Crippen molar-refractivity contribution in [2.45, 2.75) is 111 Å².